The predicted octanol–water partition coefficient (Wildman–Crippen LogP) is 4.69. The Morgan fingerprint density at radius 3 is 2.78 bits per heavy atom. The van der Waals surface area contributed by atoms with E-state index in [1.54, 1.807) is 18.3 Å². The first kappa shape index (κ1) is 17.1. The van der Waals surface area contributed by atoms with Gasteiger partial charge in [-0.1, -0.05) is 18.2 Å². The summed E-state index contributed by atoms with van der Waals surface area (Å²) in [5.41, 5.74) is 2.58. The SMILES string of the molecule is CC1Cc2ccccc2N1c1cc(C(=O)Nc2ccc(F)cc2F)ccn1. The number of fused-ring (bicyclic) bond motifs is 1. The number of rotatable bonds is 3. The van der Waals surface area contributed by atoms with Crippen LogP contribution in [0.3, 0.4) is 0 Å². The Balaban J connectivity index is 1.62. The van der Waals surface area contributed by atoms with Crippen molar-refractivity contribution in [2.24, 2.45) is 0 Å². The number of benzene rings is 2. The van der Waals surface area contributed by atoms with Crippen molar-refractivity contribution in [3.8, 4) is 0 Å². The second-order valence-corrected chi connectivity index (χ2v) is 6.53. The molecule has 6 heteroatoms. The molecule has 27 heavy (non-hydrogen) atoms. The van der Waals surface area contributed by atoms with E-state index in [0.717, 1.165) is 24.2 Å². The second kappa shape index (κ2) is 6.79. The summed E-state index contributed by atoms with van der Waals surface area (Å²) in [5, 5.41) is 2.47. The van der Waals surface area contributed by atoms with Crippen molar-refractivity contribution in [3.63, 3.8) is 0 Å². The van der Waals surface area contributed by atoms with E-state index in [-0.39, 0.29) is 11.7 Å². The van der Waals surface area contributed by atoms with Gasteiger partial charge in [-0.15, -0.1) is 0 Å². The van der Waals surface area contributed by atoms with E-state index in [1.807, 2.05) is 18.2 Å². The molecule has 2 aromatic carbocycles. The van der Waals surface area contributed by atoms with Crippen LogP contribution in [0, 0.1) is 11.6 Å². The maximum Gasteiger partial charge on any atom is 0.255 e. The molecule has 1 unspecified atom stereocenters. The van der Waals surface area contributed by atoms with E-state index in [4.69, 9.17) is 0 Å². The van der Waals surface area contributed by atoms with Crippen LogP contribution in [0.25, 0.3) is 0 Å². The molecule has 1 atom stereocenters. The van der Waals surface area contributed by atoms with E-state index in [9.17, 15) is 13.6 Å². The van der Waals surface area contributed by atoms with Crippen molar-refractivity contribution in [3.05, 3.63) is 83.6 Å². The van der Waals surface area contributed by atoms with Crippen LogP contribution in [-0.4, -0.2) is 16.9 Å². The van der Waals surface area contributed by atoms with Gasteiger partial charge in [0.15, 0.2) is 0 Å². The molecule has 1 N–H and O–H groups in total. The summed E-state index contributed by atoms with van der Waals surface area (Å²) in [6.07, 6.45) is 2.45. The number of carbonyl (C=O) groups is 1. The van der Waals surface area contributed by atoms with Crippen LogP contribution in [0.2, 0.25) is 0 Å². The molecule has 1 aliphatic rings. The highest BCUT2D eigenvalue weighted by atomic mass is 19.1. The molecule has 1 aliphatic heterocycles. The largest absolute Gasteiger partial charge is 0.323 e. The number of anilines is 3. The Morgan fingerprint density at radius 2 is 1.96 bits per heavy atom. The van der Waals surface area contributed by atoms with E-state index >= 15 is 0 Å². The van der Waals surface area contributed by atoms with Crippen molar-refractivity contribution in [1.29, 1.82) is 0 Å². The fourth-order valence-corrected chi connectivity index (χ4v) is 3.39. The predicted molar refractivity (Wildman–Crippen MR) is 100 cm³/mol. The molecular weight excluding hydrogens is 348 g/mol. The van der Waals surface area contributed by atoms with Gasteiger partial charge in [0.25, 0.3) is 5.91 Å². The fraction of sp³-hybridized carbons (Fsp3) is 0.143. The molecule has 0 aliphatic carbocycles. The summed E-state index contributed by atoms with van der Waals surface area (Å²) in [7, 11) is 0. The van der Waals surface area contributed by atoms with Crippen molar-refractivity contribution >= 4 is 23.1 Å². The molecule has 0 spiro atoms. The highest BCUT2D eigenvalue weighted by Gasteiger charge is 2.28. The Kier molecular flexibility index (Phi) is 4.32. The van der Waals surface area contributed by atoms with Gasteiger partial charge < -0.3 is 10.2 Å². The zero-order chi connectivity index (χ0) is 19.0. The molecule has 3 aromatic rings. The topological polar surface area (TPSA) is 45.2 Å². The van der Waals surface area contributed by atoms with Gasteiger partial charge in [0.2, 0.25) is 0 Å². The van der Waals surface area contributed by atoms with Crippen molar-refractivity contribution in [1.82, 2.24) is 4.98 Å². The third-order valence-corrected chi connectivity index (χ3v) is 4.64. The van der Waals surface area contributed by atoms with Gasteiger partial charge >= 0.3 is 0 Å². The minimum atomic E-state index is -0.820. The van der Waals surface area contributed by atoms with E-state index in [0.29, 0.717) is 11.4 Å². The van der Waals surface area contributed by atoms with Gasteiger partial charge in [0, 0.05) is 29.6 Å². The van der Waals surface area contributed by atoms with Gasteiger partial charge in [-0.25, -0.2) is 13.8 Å². The van der Waals surface area contributed by atoms with Crippen LogP contribution in [0.4, 0.5) is 26.0 Å². The number of halogens is 2. The van der Waals surface area contributed by atoms with E-state index < -0.39 is 17.5 Å². The van der Waals surface area contributed by atoms with Crippen molar-refractivity contribution in [2.45, 2.75) is 19.4 Å². The number of nitrogens with zero attached hydrogens (tertiary/aromatic N) is 2. The minimum Gasteiger partial charge on any atom is -0.323 e. The van der Waals surface area contributed by atoms with Gasteiger partial charge in [-0.2, -0.15) is 0 Å². The van der Waals surface area contributed by atoms with Crippen LogP contribution < -0.4 is 10.2 Å². The average Bonchev–Trinajstić information content (AvgIpc) is 2.99. The highest BCUT2D eigenvalue weighted by molar-refractivity contribution is 6.04. The molecule has 2 heterocycles. The fourth-order valence-electron chi connectivity index (χ4n) is 3.39. The standard InChI is InChI=1S/C21H17F2N3O/c1-13-10-14-4-2-3-5-19(14)26(13)20-11-15(8-9-24-20)21(27)25-18-7-6-16(22)12-17(18)23/h2-9,11-13H,10H2,1H3,(H,25,27). The zero-order valence-electron chi connectivity index (χ0n) is 14.6. The first-order valence-corrected chi connectivity index (χ1v) is 8.62. The van der Waals surface area contributed by atoms with Crippen molar-refractivity contribution in [2.75, 3.05) is 10.2 Å². The maximum atomic E-state index is 13.8. The molecule has 0 bridgehead atoms. The summed E-state index contributed by atoms with van der Waals surface area (Å²) in [4.78, 5) is 19.0. The Morgan fingerprint density at radius 1 is 1.15 bits per heavy atom. The van der Waals surface area contributed by atoms with Crippen LogP contribution in [0.15, 0.2) is 60.8 Å². The highest BCUT2D eigenvalue weighted by Crippen LogP contribution is 2.37. The minimum absolute atomic E-state index is 0.0698. The molecule has 0 saturated carbocycles. The van der Waals surface area contributed by atoms with Crippen LogP contribution in [-0.2, 0) is 6.42 Å². The number of aromatic nitrogens is 1. The Bertz CT molecular complexity index is 1020. The molecule has 1 aromatic heterocycles. The number of hydrogen-bond donors (Lipinski definition) is 1. The number of pyridine rings is 1. The lowest BCUT2D eigenvalue weighted by atomic mass is 10.1. The lowest BCUT2D eigenvalue weighted by Gasteiger charge is -2.24. The van der Waals surface area contributed by atoms with Crippen LogP contribution in [0.5, 0.6) is 0 Å². The summed E-state index contributed by atoms with van der Waals surface area (Å²) in [6.45, 7) is 2.10. The second-order valence-electron chi connectivity index (χ2n) is 6.53. The van der Waals surface area contributed by atoms with Gasteiger partial charge in [0.1, 0.15) is 17.5 Å². The lowest BCUT2D eigenvalue weighted by molar-refractivity contribution is 0.102. The smallest absolute Gasteiger partial charge is 0.255 e. The molecule has 0 saturated heterocycles. The number of nitrogens with one attached hydrogen (secondary N) is 1. The number of hydrogen-bond acceptors (Lipinski definition) is 3. The molecule has 0 fully saturated rings. The lowest BCUT2D eigenvalue weighted by Crippen LogP contribution is -2.25. The molecule has 4 nitrogen and oxygen atoms in total. The molecule has 136 valence electrons. The first-order chi connectivity index (χ1) is 13.0. The molecular formula is C21H17F2N3O. The summed E-state index contributed by atoms with van der Waals surface area (Å²) in [6, 6.07) is 14.6. The van der Waals surface area contributed by atoms with E-state index in [1.165, 1.54) is 11.6 Å². The Hall–Kier alpha value is -3.28. The average molecular weight is 365 g/mol. The summed E-state index contributed by atoms with van der Waals surface area (Å²) >= 11 is 0. The Labute approximate surface area is 155 Å². The number of amides is 1. The van der Waals surface area contributed by atoms with Crippen molar-refractivity contribution < 1.29 is 13.6 Å². The van der Waals surface area contributed by atoms with Gasteiger partial charge in [-0.3, -0.25) is 4.79 Å². The maximum absolute atomic E-state index is 13.8. The third kappa shape index (κ3) is 3.26. The van der Waals surface area contributed by atoms with Gasteiger partial charge in [0.05, 0.1) is 5.69 Å². The zero-order valence-corrected chi connectivity index (χ0v) is 14.6. The number of para-hydroxylation sites is 1. The van der Waals surface area contributed by atoms with Crippen LogP contribution in [0.1, 0.15) is 22.8 Å². The van der Waals surface area contributed by atoms with E-state index in [2.05, 4.69) is 28.2 Å². The summed E-state index contributed by atoms with van der Waals surface area (Å²) < 4.78 is 26.8. The molecule has 0 radical (unpaired) electrons. The third-order valence-electron chi connectivity index (χ3n) is 4.64. The number of carbonyl (C=O) groups excluding carboxylic acids is 1. The first-order valence-electron chi connectivity index (χ1n) is 8.62. The van der Waals surface area contributed by atoms with Crippen LogP contribution >= 0.6 is 0 Å². The normalized spacial score (nSPS) is 15.5. The molecule has 4 rings (SSSR count). The van der Waals surface area contributed by atoms with Gasteiger partial charge in [-0.05, 0) is 49.2 Å². The monoisotopic (exact) mass is 365 g/mol. The quantitative estimate of drug-likeness (QED) is 0.732. The molecule has 1 amide bonds. The summed E-state index contributed by atoms with van der Waals surface area (Å²) in [5.74, 6) is -1.35.